The van der Waals surface area contributed by atoms with Crippen LogP contribution in [0.4, 0.5) is 10.2 Å². The number of carbonyl (C=O) groups is 1. The van der Waals surface area contributed by atoms with Crippen LogP contribution in [0.2, 0.25) is 0 Å². The van der Waals surface area contributed by atoms with E-state index in [9.17, 15) is 9.18 Å². The Hall–Kier alpha value is -2.30. The van der Waals surface area contributed by atoms with E-state index in [4.69, 9.17) is 0 Å². The van der Waals surface area contributed by atoms with Gasteiger partial charge in [-0.25, -0.2) is 14.4 Å². The molecule has 1 N–H and O–H groups in total. The van der Waals surface area contributed by atoms with Gasteiger partial charge in [0.05, 0.1) is 17.6 Å². The smallest absolute Gasteiger partial charge is 0.228 e. The van der Waals surface area contributed by atoms with Crippen molar-refractivity contribution in [2.24, 2.45) is 11.8 Å². The van der Waals surface area contributed by atoms with Crippen LogP contribution in [-0.4, -0.2) is 15.9 Å². The number of carbonyl (C=O) groups excluding carboxylic acids is 1. The van der Waals surface area contributed by atoms with Crippen LogP contribution in [0, 0.1) is 17.7 Å². The third-order valence-electron chi connectivity index (χ3n) is 3.89. The molecule has 0 spiro atoms. The van der Waals surface area contributed by atoms with Crippen molar-refractivity contribution in [1.82, 2.24) is 9.97 Å². The number of halogens is 1. The molecule has 1 atom stereocenters. The normalized spacial score (nSPS) is 12.2. The number of nitrogens with zero attached hydrogens (tertiary/aromatic N) is 2. The Morgan fingerprint density at radius 1 is 1.21 bits per heavy atom. The van der Waals surface area contributed by atoms with Gasteiger partial charge in [0, 0.05) is 11.5 Å². The van der Waals surface area contributed by atoms with Crippen molar-refractivity contribution in [1.29, 1.82) is 0 Å². The first-order valence-electron chi connectivity index (χ1n) is 8.33. The highest BCUT2D eigenvalue weighted by Crippen LogP contribution is 2.22. The van der Waals surface area contributed by atoms with Gasteiger partial charge in [0.25, 0.3) is 0 Å². The largest absolute Gasteiger partial charge is 0.309 e. The number of rotatable bonds is 6. The molecule has 0 aliphatic heterocycles. The number of aromatic nitrogens is 2. The molecular weight excluding hydrogens is 305 g/mol. The SMILES string of the molecule is CCC(C)C(=O)Nc1ncc(-c2ccc(F)cc2)nc1CC(C)C. The summed E-state index contributed by atoms with van der Waals surface area (Å²) in [5.41, 5.74) is 2.23. The quantitative estimate of drug-likeness (QED) is 0.851. The molecule has 1 unspecified atom stereocenters. The molecule has 0 aliphatic rings. The maximum atomic E-state index is 13.1. The van der Waals surface area contributed by atoms with Gasteiger partial charge in [0.2, 0.25) is 5.91 Å². The minimum absolute atomic E-state index is 0.0497. The van der Waals surface area contributed by atoms with Crippen molar-refractivity contribution in [2.45, 2.75) is 40.5 Å². The molecule has 1 heterocycles. The molecule has 128 valence electrons. The third kappa shape index (κ3) is 4.60. The molecule has 2 aromatic rings. The molecule has 0 saturated heterocycles. The van der Waals surface area contributed by atoms with E-state index in [0.717, 1.165) is 17.7 Å². The first-order valence-corrected chi connectivity index (χ1v) is 8.33. The van der Waals surface area contributed by atoms with E-state index < -0.39 is 0 Å². The van der Waals surface area contributed by atoms with Crippen LogP contribution in [0.1, 0.15) is 39.8 Å². The van der Waals surface area contributed by atoms with E-state index in [1.165, 1.54) is 12.1 Å². The van der Waals surface area contributed by atoms with Crippen molar-refractivity contribution in [3.05, 3.63) is 42.0 Å². The molecule has 1 amide bonds. The van der Waals surface area contributed by atoms with Crippen molar-refractivity contribution >= 4 is 11.7 Å². The lowest BCUT2D eigenvalue weighted by Gasteiger charge is -2.14. The lowest BCUT2D eigenvalue weighted by atomic mass is 10.1. The number of hydrogen-bond donors (Lipinski definition) is 1. The van der Waals surface area contributed by atoms with E-state index >= 15 is 0 Å². The minimum Gasteiger partial charge on any atom is -0.309 e. The molecule has 4 nitrogen and oxygen atoms in total. The average molecular weight is 329 g/mol. The van der Waals surface area contributed by atoms with Gasteiger partial charge in [-0.15, -0.1) is 0 Å². The van der Waals surface area contributed by atoms with Crippen molar-refractivity contribution < 1.29 is 9.18 Å². The molecule has 0 radical (unpaired) electrons. The molecule has 0 saturated carbocycles. The van der Waals surface area contributed by atoms with Gasteiger partial charge in [-0.05, 0) is 43.0 Å². The zero-order valence-corrected chi connectivity index (χ0v) is 14.6. The van der Waals surface area contributed by atoms with Crippen LogP contribution in [-0.2, 0) is 11.2 Å². The highest BCUT2D eigenvalue weighted by atomic mass is 19.1. The summed E-state index contributed by atoms with van der Waals surface area (Å²) >= 11 is 0. The predicted octanol–water partition coefficient (Wildman–Crippen LogP) is 4.47. The van der Waals surface area contributed by atoms with E-state index in [2.05, 4.69) is 29.1 Å². The number of nitrogens with one attached hydrogen (secondary N) is 1. The zero-order chi connectivity index (χ0) is 17.7. The first kappa shape index (κ1) is 18.0. The number of amides is 1. The first-order chi connectivity index (χ1) is 11.4. The molecule has 0 aliphatic carbocycles. The average Bonchev–Trinajstić information content (AvgIpc) is 2.55. The Labute approximate surface area is 142 Å². The van der Waals surface area contributed by atoms with Gasteiger partial charge in [-0.2, -0.15) is 0 Å². The summed E-state index contributed by atoms with van der Waals surface area (Å²) in [6.45, 7) is 8.04. The Balaban J connectivity index is 2.34. The van der Waals surface area contributed by atoms with Gasteiger partial charge in [0.1, 0.15) is 5.82 Å². The van der Waals surface area contributed by atoms with Gasteiger partial charge < -0.3 is 5.32 Å². The summed E-state index contributed by atoms with van der Waals surface area (Å²) in [6.07, 6.45) is 3.09. The molecule has 1 aromatic heterocycles. The second kappa shape index (κ2) is 7.99. The molecular formula is C19H24FN3O. The van der Waals surface area contributed by atoms with Crippen molar-refractivity contribution in [3.63, 3.8) is 0 Å². The fourth-order valence-electron chi connectivity index (χ4n) is 2.25. The van der Waals surface area contributed by atoms with E-state index in [1.807, 2.05) is 13.8 Å². The van der Waals surface area contributed by atoms with Crippen LogP contribution in [0.3, 0.4) is 0 Å². The number of anilines is 1. The van der Waals surface area contributed by atoms with Gasteiger partial charge in [0.15, 0.2) is 5.82 Å². The number of hydrogen-bond acceptors (Lipinski definition) is 3. The summed E-state index contributed by atoms with van der Waals surface area (Å²) in [5.74, 6) is 0.482. The Kier molecular flexibility index (Phi) is 6.01. The Bertz CT molecular complexity index is 698. The maximum absolute atomic E-state index is 13.1. The second-order valence-electron chi connectivity index (χ2n) is 6.45. The van der Waals surface area contributed by atoms with E-state index in [0.29, 0.717) is 23.9 Å². The van der Waals surface area contributed by atoms with Gasteiger partial charge in [-0.1, -0.05) is 27.7 Å². The Morgan fingerprint density at radius 3 is 2.46 bits per heavy atom. The van der Waals surface area contributed by atoms with Gasteiger partial charge in [-0.3, -0.25) is 4.79 Å². The highest BCUT2D eigenvalue weighted by molar-refractivity contribution is 5.91. The van der Waals surface area contributed by atoms with Crippen LogP contribution < -0.4 is 5.32 Å². The third-order valence-corrected chi connectivity index (χ3v) is 3.89. The zero-order valence-electron chi connectivity index (χ0n) is 14.6. The summed E-state index contributed by atoms with van der Waals surface area (Å²) in [6, 6.07) is 6.15. The summed E-state index contributed by atoms with van der Waals surface area (Å²) in [7, 11) is 0. The van der Waals surface area contributed by atoms with Crippen LogP contribution in [0.25, 0.3) is 11.3 Å². The van der Waals surface area contributed by atoms with Crippen LogP contribution in [0.15, 0.2) is 30.5 Å². The van der Waals surface area contributed by atoms with Crippen molar-refractivity contribution in [3.8, 4) is 11.3 Å². The van der Waals surface area contributed by atoms with Gasteiger partial charge >= 0.3 is 0 Å². The summed E-state index contributed by atoms with van der Waals surface area (Å²) in [5, 5.41) is 2.88. The molecule has 24 heavy (non-hydrogen) atoms. The standard InChI is InChI=1S/C19H24FN3O/c1-5-13(4)19(24)23-18-16(10-12(2)3)22-17(11-21-18)14-6-8-15(20)9-7-14/h6-9,11-13H,5,10H2,1-4H3,(H,21,23,24). The fourth-order valence-corrected chi connectivity index (χ4v) is 2.25. The van der Waals surface area contributed by atoms with Crippen LogP contribution >= 0.6 is 0 Å². The Morgan fingerprint density at radius 2 is 1.88 bits per heavy atom. The molecule has 0 fully saturated rings. The molecule has 1 aromatic carbocycles. The topological polar surface area (TPSA) is 54.9 Å². The monoisotopic (exact) mass is 329 g/mol. The second-order valence-corrected chi connectivity index (χ2v) is 6.45. The minimum atomic E-state index is -0.286. The molecule has 0 bridgehead atoms. The van der Waals surface area contributed by atoms with Crippen molar-refractivity contribution in [2.75, 3.05) is 5.32 Å². The summed E-state index contributed by atoms with van der Waals surface area (Å²) < 4.78 is 13.1. The van der Waals surface area contributed by atoms with E-state index in [1.54, 1.807) is 18.3 Å². The maximum Gasteiger partial charge on any atom is 0.228 e. The molecule has 5 heteroatoms. The predicted molar refractivity (Wildman–Crippen MR) is 94.1 cm³/mol. The van der Waals surface area contributed by atoms with E-state index in [-0.39, 0.29) is 17.6 Å². The lowest BCUT2D eigenvalue weighted by Crippen LogP contribution is -2.22. The summed E-state index contributed by atoms with van der Waals surface area (Å²) in [4.78, 5) is 21.2. The van der Waals surface area contributed by atoms with Crippen LogP contribution in [0.5, 0.6) is 0 Å². The lowest BCUT2D eigenvalue weighted by molar-refractivity contribution is -0.119. The highest BCUT2D eigenvalue weighted by Gasteiger charge is 2.16. The number of benzene rings is 1. The fraction of sp³-hybridized carbons (Fsp3) is 0.421. The molecule has 2 rings (SSSR count).